The highest BCUT2D eigenvalue weighted by atomic mass is 32.1. The van der Waals surface area contributed by atoms with E-state index in [0.29, 0.717) is 12.2 Å². The van der Waals surface area contributed by atoms with Gasteiger partial charge in [-0.2, -0.15) is 0 Å². The van der Waals surface area contributed by atoms with Crippen LogP contribution in [0.4, 0.5) is 0 Å². The van der Waals surface area contributed by atoms with Crippen LogP contribution < -0.4 is 5.32 Å². The van der Waals surface area contributed by atoms with E-state index in [2.05, 4.69) is 10.5 Å². The lowest BCUT2D eigenvalue weighted by atomic mass is 10.2. The number of hydrogen-bond acceptors (Lipinski definition) is 6. The predicted molar refractivity (Wildman–Crippen MR) is 108 cm³/mol. The Morgan fingerprint density at radius 2 is 2.04 bits per heavy atom. The van der Waals surface area contributed by atoms with Crippen LogP contribution in [0.3, 0.4) is 0 Å². The molecule has 136 valence electrons. The van der Waals surface area contributed by atoms with Gasteiger partial charge in [0.05, 0.1) is 23.5 Å². The third-order valence-corrected chi connectivity index (χ3v) is 5.92. The van der Waals surface area contributed by atoms with E-state index in [9.17, 15) is 4.79 Å². The van der Waals surface area contributed by atoms with Gasteiger partial charge in [0.15, 0.2) is 0 Å². The number of benzene rings is 1. The SMILES string of the molecule is Cc1cc(CNC(=O)Cc2sc(-c3ccccc3)nc2-c2cccs2)no1. The highest BCUT2D eigenvalue weighted by molar-refractivity contribution is 7.17. The second-order valence-corrected chi connectivity index (χ2v) is 8.05. The molecule has 7 heteroatoms. The second kappa shape index (κ2) is 7.85. The molecule has 0 saturated carbocycles. The standard InChI is InChI=1S/C20H17N3O2S2/c1-13-10-15(23-25-13)12-21-18(24)11-17-19(16-8-5-9-26-16)22-20(27-17)14-6-3-2-4-7-14/h2-10H,11-12H2,1H3,(H,21,24). The van der Waals surface area contributed by atoms with Gasteiger partial charge in [0.2, 0.25) is 5.91 Å². The third kappa shape index (κ3) is 4.15. The van der Waals surface area contributed by atoms with Crippen molar-refractivity contribution in [2.45, 2.75) is 19.9 Å². The van der Waals surface area contributed by atoms with Gasteiger partial charge in [-0.05, 0) is 18.4 Å². The van der Waals surface area contributed by atoms with Crippen molar-refractivity contribution in [1.29, 1.82) is 0 Å². The molecule has 0 aliphatic heterocycles. The van der Waals surface area contributed by atoms with Crippen molar-refractivity contribution >= 4 is 28.6 Å². The number of nitrogens with zero attached hydrogens (tertiary/aromatic N) is 2. The summed E-state index contributed by atoms with van der Waals surface area (Å²) in [5.41, 5.74) is 2.67. The predicted octanol–water partition coefficient (Wildman–Crippen LogP) is 4.69. The minimum absolute atomic E-state index is 0.0586. The van der Waals surface area contributed by atoms with Crippen LogP contribution in [0.15, 0.2) is 58.4 Å². The summed E-state index contributed by atoms with van der Waals surface area (Å²) in [6.45, 7) is 2.18. The van der Waals surface area contributed by atoms with Crippen molar-refractivity contribution in [3.63, 3.8) is 0 Å². The molecule has 5 nitrogen and oxygen atoms in total. The number of aryl methyl sites for hydroxylation is 1. The Morgan fingerprint density at radius 1 is 1.19 bits per heavy atom. The van der Waals surface area contributed by atoms with Gasteiger partial charge in [0, 0.05) is 16.5 Å². The number of nitrogens with one attached hydrogen (secondary N) is 1. The monoisotopic (exact) mass is 395 g/mol. The van der Waals surface area contributed by atoms with Crippen molar-refractivity contribution in [2.75, 3.05) is 0 Å². The molecule has 0 unspecified atom stereocenters. The van der Waals surface area contributed by atoms with Crippen LogP contribution in [0.2, 0.25) is 0 Å². The Bertz CT molecular complexity index is 1040. The van der Waals surface area contributed by atoms with Gasteiger partial charge in [-0.15, -0.1) is 22.7 Å². The summed E-state index contributed by atoms with van der Waals surface area (Å²) in [5, 5.41) is 9.75. The first-order valence-electron chi connectivity index (χ1n) is 8.47. The summed E-state index contributed by atoms with van der Waals surface area (Å²) in [7, 11) is 0. The third-order valence-electron chi connectivity index (χ3n) is 3.94. The van der Waals surface area contributed by atoms with Gasteiger partial charge in [0.1, 0.15) is 16.5 Å². The van der Waals surface area contributed by atoms with Gasteiger partial charge in [-0.1, -0.05) is 41.6 Å². The number of hydrogen-bond donors (Lipinski definition) is 1. The molecule has 1 amide bonds. The zero-order valence-electron chi connectivity index (χ0n) is 14.6. The number of thiophene rings is 1. The molecule has 1 N–H and O–H groups in total. The Morgan fingerprint density at radius 3 is 2.74 bits per heavy atom. The summed E-state index contributed by atoms with van der Waals surface area (Å²) in [4.78, 5) is 19.3. The van der Waals surface area contributed by atoms with Gasteiger partial charge in [0.25, 0.3) is 0 Å². The molecule has 3 heterocycles. The Labute approximate surface area is 164 Å². The van der Waals surface area contributed by atoms with E-state index in [4.69, 9.17) is 9.51 Å². The molecule has 0 spiro atoms. The van der Waals surface area contributed by atoms with Crippen molar-refractivity contribution in [3.8, 4) is 21.1 Å². The average Bonchev–Trinajstić information content (AvgIpc) is 3.41. The number of rotatable bonds is 6. The second-order valence-electron chi connectivity index (χ2n) is 6.02. The van der Waals surface area contributed by atoms with Gasteiger partial charge in [-0.25, -0.2) is 4.98 Å². The van der Waals surface area contributed by atoms with E-state index >= 15 is 0 Å². The molecule has 0 radical (unpaired) electrons. The number of aromatic nitrogens is 2. The van der Waals surface area contributed by atoms with Crippen LogP contribution in [-0.4, -0.2) is 16.0 Å². The lowest BCUT2D eigenvalue weighted by Gasteiger charge is -2.02. The molecule has 0 fully saturated rings. The van der Waals surface area contributed by atoms with Crippen LogP contribution >= 0.6 is 22.7 Å². The smallest absolute Gasteiger partial charge is 0.225 e. The summed E-state index contributed by atoms with van der Waals surface area (Å²) in [6, 6.07) is 15.9. The van der Waals surface area contributed by atoms with Gasteiger partial charge in [-0.3, -0.25) is 4.79 Å². The fraction of sp³-hybridized carbons (Fsp3) is 0.150. The topological polar surface area (TPSA) is 68.0 Å². The lowest BCUT2D eigenvalue weighted by Crippen LogP contribution is -2.24. The Balaban J connectivity index is 1.55. The van der Waals surface area contributed by atoms with E-state index in [1.165, 1.54) is 0 Å². The van der Waals surface area contributed by atoms with Crippen LogP contribution in [0.25, 0.3) is 21.1 Å². The van der Waals surface area contributed by atoms with E-state index in [1.807, 2.05) is 60.8 Å². The quantitative estimate of drug-likeness (QED) is 0.514. The van der Waals surface area contributed by atoms with Crippen molar-refractivity contribution in [3.05, 3.63) is 70.2 Å². The summed E-state index contributed by atoms with van der Waals surface area (Å²) in [6.07, 6.45) is 0.286. The van der Waals surface area contributed by atoms with Crippen LogP contribution in [0.1, 0.15) is 16.3 Å². The Kier molecular flexibility index (Phi) is 5.13. The molecule has 4 rings (SSSR count). The minimum atomic E-state index is -0.0586. The molecule has 3 aromatic heterocycles. The largest absolute Gasteiger partial charge is 0.361 e. The van der Waals surface area contributed by atoms with Crippen molar-refractivity contribution in [2.24, 2.45) is 0 Å². The summed E-state index contributed by atoms with van der Waals surface area (Å²) in [5.74, 6) is 0.672. The molecule has 0 aliphatic carbocycles. The molecular formula is C20H17N3O2S2. The fourth-order valence-electron chi connectivity index (χ4n) is 2.68. The van der Waals surface area contributed by atoms with E-state index in [-0.39, 0.29) is 12.3 Å². The summed E-state index contributed by atoms with van der Waals surface area (Å²) >= 11 is 3.19. The van der Waals surface area contributed by atoms with Crippen molar-refractivity contribution < 1.29 is 9.32 Å². The molecular weight excluding hydrogens is 378 g/mol. The van der Waals surface area contributed by atoms with Crippen LogP contribution in [-0.2, 0) is 17.8 Å². The fourth-order valence-corrected chi connectivity index (χ4v) is 4.57. The maximum Gasteiger partial charge on any atom is 0.225 e. The number of amides is 1. The van der Waals surface area contributed by atoms with Gasteiger partial charge >= 0.3 is 0 Å². The number of carbonyl (C=O) groups is 1. The first-order chi connectivity index (χ1) is 13.2. The Hall–Kier alpha value is -2.77. The molecule has 27 heavy (non-hydrogen) atoms. The first-order valence-corrected chi connectivity index (χ1v) is 10.2. The number of thiazole rings is 1. The zero-order chi connectivity index (χ0) is 18.6. The molecule has 1 aromatic carbocycles. The number of carbonyl (C=O) groups excluding carboxylic acids is 1. The lowest BCUT2D eigenvalue weighted by molar-refractivity contribution is -0.120. The highest BCUT2D eigenvalue weighted by Crippen LogP contribution is 2.36. The molecule has 0 bridgehead atoms. The van der Waals surface area contributed by atoms with Crippen LogP contribution in [0.5, 0.6) is 0 Å². The molecule has 0 atom stereocenters. The van der Waals surface area contributed by atoms with Crippen LogP contribution in [0, 0.1) is 6.92 Å². The molecule has 4 aromatic rings. The highest BCUT2D eigenvalue weighted by Gasteiger charge is 2.18. The van der Waals surface area contributed by atoms with Gasteiger partial charge < -0.3 is 9.84 Å². The van der Waals surface area contributed by atoms with E-state index < -0.39 is 0 Å². The maximum absolute atomic E-state index is 12.5. The minimum Gasteiger partial charge on any atom is -0.361 e. The average molecular weight is 396 g/mol. The van der Waals surface area contributed by atoms with E-state index in [1.54, 1.807) is 22.7 Å². The molecule has 0 saturated heterocycles. The van der Waals surface area contributed by atoms with Crippen molar-refractivity contribution in [1.82, 2.24) is 15.5 Å². The molecule has 0 aliphatic rings. The normalized spacial score (nSPS) is 10.9. The summed E-state index contributed by atoms with van der Waals surface area (Å²) < 4.78 is 5.03. The first kappa shape index (κ1) is 17.6. The zero-order valence-corrected chi connectivity index (χ0v) is 16.3. The maximum atomic E-state index is 12.5. The van der Waals surface area contributed by atoms with E-state index in [0.717, 1.165) is 31.8 Å².